The molecule has 0 saturated heterocycles. The van der Waals surface area contributed by atoms with Crippen LogP contribution in [0, 0.1) is 0 Å². The van der Waals surface area contributed by atoms with E-state index in [1.807, 2.05) is 0 Å². The molecule has 0 spiro atoms. The Labute approximate surface area is 95.6 Å². The van der Waals surface area contributed by atoms with Gasteiger partial charge in [0.25, 0.3) is 0 Å². The van der Waals surface area contributed by atoms with E-state index >= 15 is 0 Å². The molecule has 0 aliphatic carbocycles. The molecular weight excluding hydrogens is 402 g/mol. The van der Waals surface area contributed by atoms with Gasteiger partial charge in [-0.1, -0.05) is 0 Å². The van der Waals surface area contributed by atoms with Crippen molar-refractivity contribution in [1.29, 1.82) is 0 Å². The Balaban J connectivity index is 0. The van der Waals surface area contributed by atoms with Crippen LogP contribution in [0.2, 0.25) is 24.0 Å². The second kappa shape index (κ2) is 14.9. The summed E-state index contributed by atoms with van der Waals surface area (Å²) < 4.78 is 3.05. The molecule has 0 aliphatic heterocycles. The molecule has 0 bridgehead atoms. The molecule has 12 heavy (non-hydrogen) atoms. The fraction of sp³-hybridized carbons (Fsp3) is 1.00. The summed E-state index contributed by atoms with van der Waals surface area (Å²) in [6, 6.07) is 0. The summed E-state index contributed by atoms with van der Waals surface area (Å²) >= 11 is -0.258. The van der Waals surface area contributed by atoms with Gasteiger partial charge in [-0.2, -0.15) is 0 Å². The van der Waals surface area contributed by atoms with Gasteiger partial charge < -0.3 is 0 Å². The topological polar surface area (TPSA) is 0 Å². The quantitative estimate of drug-likeness (QED) is 0.580. The third-order valence-corrected chi connectivity index (χ3v) is 11.7. The Morgan fingerprint density at radius 2 is 1.08 bits per heavy atom. The summed E-state index contributed by atoms with van der Waals surface area (Å²) in [6.07, 6.45) is 0. The van der Waals surface area contributed by atoms with Crippen LogP contribution in [0.25, 0.3) is 0 Å². The van der Waals surface area contributed by atoms with Crippen LogP contribution >= 0.6 is 0 Å². The number of hydrogen-bond donors (Lipinski definition) is 0. The molecule has 0 saturated carbocycles. The zero-order valence-corrected chi connectivity index (χ0v) is 15.1. The molecule has 0 aromatic carbocycles. The zero-order chi connectivity index (χ0) is 9.82. The van der Waals surface area contributed by atoms with Crippen LogP contribution in [0.1, 0.15) is 34.6 Å². The van der Waals surface area contributed by atoms with Crippen molar-refractivity contribution in [1.82, 2.24) is 0 Å². The molecule has 0 aromatic rings. The van der Waals surface area contributed by atoms with Crippen LogP contribution in [0.15, 0.2) is 0 Å². The first kappa shape index (κ1) is 15.9. The van der Waals surface area contributed by atoms with Gasteiger partial charge in [-0.15, -0.1) is 0 Å². The maximum absolute atomic E-state index is 2.34. The van der Waals surface area contributed by atoms with Gasteiger partial charge in [0.2, 0.25) is 0 Å². The summed E-state index contributed by atoms with van der Waals surface area (Å²) in [5.74, 6) is 0. The molecule has 0 aromatic heterocycles. The van der Waals surface area contributed by atoms with E-state index in [2.05, 4.69) is 34.6 Å². The Kier molecular flexibility index (Phi) is 19.7. The zero-order valence-electron chi connectivity index (χ0n) is 9.48. The minimum absolute atomic E-state index is 0.145. The summed E-state index contributed by atoms with van der Waals surface area (Å²) in [6.45, 7) is 11.6. The molecule has 0 unspecified atom stereocenters. The predicted octanol–water partition coefficient (Wildman–Crippen LogP) is 4.11. The molecule has 0 aliphatic rings. The molecule has 2 radical (unpaired) electrons. The van der Waals surface area contributed by atoms with Crippen molar-refractivity contribution in [2.24, 2.45) is 0 Å². The Morgan fingerprint density at radius 1 is 0.750 bits per heavy atom. The molecule has 0 nitrogen and oxygen atoms in total. The summed E-state index contributed by atoms with van der Waals surface area (Å²) in [5, 5.41) is 4.56. The van der Waals surface area contributed by atoms with Crippen LogP contribution in [0.3, 0.4) is 0 Å². The second-order valence-corrected chi connectivity index (χ2v) is 16.9. The van der Waals surface area contributed by atoms with Crippen LogP contribution < -0.4 is 0 Å². The van der Waals surface area contributed by atoms with Crippen molar-refractivity contribution in [3.63, 3.8) is 0 Å². The molecule has 0 fully saturated rings. The SMILES string of the molecule is C[CH2][Bi][CH2]C.C[CH2][Ge]([CH2]C)[CH2]C. The van der Waals surface area contributed by atoms with Crippen molar-refractivity contribution < 1.29 is 0 Å². The predicted molar refractivity (Wildman–Crippen MR) is 63.9 cm³/mol. The maximum atomic E-state index is 2.34. The Morgan fingerprint density at radius 3 is 1.08 bits per heavy atom. The fourth-order valence-corrected chi connectivity index (χ4v) is 5.86. The Bertz CT molecular complexity index is 55.3. The van der Waals surface area contributed by atoms with E-state index < -0.39 is 14.3 Å². The summed E-state index contributed by atoms with van der Waals surface area (Å²) in [5.41, 5.74) is 0. The number of rotatable bonds is 5. The third-order valence-electron chi connectivity index (χ3n) is 1.95. The van der Waals surface area contributed by atoms with Crippen LogP contribution in [-0.2, 0) is 0 Å². The second-order valence-electron chi connectivity index (χ2n) is 2.67. The van der Waals surface area contributed by atoms with Crippen LogP contribution in [0.5, 0.6) is 0 Å². The van der Waals surface area contributed by atoms with Crippen LogP contribution in [0.4, 0.5) is 0 Å². The van der Waals surface area contributed by atoms with E-state index in [1.54, 1.807) is 0 Å². The Hall–Kier alpha value is 1.43. The van der Waals surface area contributed by atoms with E-state index in [1.165, 1.54) is 24.0 Å². The van der Waals surface area contributed by atoms with Crippen molar-refractivity contribution in [3.05, 3.63) is 0 Å². The minimum atomic E-state index is -0.403. The van der Waals surface area contributed by atoms with Gasteiger partial charge in [0.15, 0.2) is 0 Å². The molecule has 0 heterocycles. The summed E-state index contributed by atoms with van der Waals surface area (Å²) in [7, 11) is 0. The fourth-order valence-electron chi connectivity index (χ4n) is 0.974. The number of hydrogen-bond acceptors (Lipinski definition) is 0. The van der Waals surface area contributed by atoms with E-state index in [-0.39, 0.29) is 23.2 Å². The van der Waals surface area contributed by atoms with E-state index in [0.717, 1.165) is 0 Å². The van der Waals surface area contributed by atoms with Gasteiger partial charge in [0, 0.05) is 0 Å². The van der Waals surface area contributed by atoms with E-state index in [0.29, 0.717) is 0 Å². The average Bonchev–Trinajstić information content (AvgIpc) is 2.10. The first-order chi connectivity index (χ1) is 5.76. The molecule has 0 N–H and O–H groups in total. The first-order valence-electron chi connectivity index (χ1n) is 5.23. The first-order valence-corrected chi connectivity index (χ1v) is 14.6. The molecule has 0 atom stereocenters. The normalized spacial score (nSPS) is 9.50. The molecule has 74 valence electrons. The average molecular weight is 427 g/mol. The monoisotopic (exact) mass is 428 g/mol. The molecule has 2 heteroatoms. The van der Waals surface area contributed by atoms with E-state index in [9.17, 15) is 0 Å². The standard InChI is InChI=1S/C6H15Ge.2C2H5.Bi/c1-4-7(5-2)6-3;2*1-2;/h4-6H2,1-3H3;2*1H2,2H3;. The van der Waals surface area contributed by atoms with Crippen molar-refractivity contribution >= 4 is 37.6 Å². The third kappa shape index (κ3) is 14.0. The van der Waals surface area contributed by atoms with Crippen molar-refractivity contribution in [2.45, 2.75) is 58.6 Å². The summed E-state index contributed by atoms with van der Waals surface area (Å²) in [4.78, 5) is 0. The van der Waals surface area contributed by atoms with Crippen LogP contribution in [-0.4, -0.2) is 37.6 Å². The van der Waals surface area contributed by atoms with Gasteiger partial charge in [0.1, 0.15) is 0 Å². The van der Waals surface area contributed by atoms with Gasteiger partial charge in [-0.05, 0) is 0 Å². The molecule has 0 amide bonds. The van der Waals surface area contributed by atoms with E-state index in [4.69, 9.17) is 0 Å². The molecular formula is C10H25BiGe. The van der Waals surface area contributed by atoms with Gasteiger partial charge in [-0.3, -0.25) is 0 Å². The van der Waals surface area contributed by atoms with Crippen molar-refractivity contribution in [3.8, 4) is 0 Å². The molecule has 0 rings (SSSR count). The van der Waals surface area contributed by atoms with Gasteiger partial charge in [-0.25, -0.2) is 0 Å². The van der Waals surface area contributed by atoms with Gasteiger partial charge in [0.05, 0.1) is 0 Å². The van der Waals surface area contributed by atoms with Gasteiger partial charge >= 0.3 is 96.2 Å². The van der Waals surface area contributed by atoms with Crippen molar-refractivity contribution in [2.75, 3.05) is 0 Å².